The maximum absolute atomic E-state index is 13.1. The Morgan fingerprint density at radius 1 is 0.743 bits per heavy atom. The molecule has 0 spiro atoms. The Hall–Kier alpha value is -2.57. The van der Waals surface area contributed by atoms with Crippen LogP contribution in [0.3, 0.4) is 0 Å². The molecule has 0 aromatic carbocycles. The number of unbranched alkanes of at least 4 members (excludes halogenated alkanes) is 1. The smallest absolute Gasteiger partial charge is 0.464 e. The van der Waals surface area contributed by atoms with Crippen LogP contribution in [0.15, 0.2) is 4.76 Å². The summed E-state index contributed by atoms with van der Waals surface area (Å²) in [7, 11) is -2.82. The summed E-state index contributed by atoms with van der Waals surface area (Å²) in [5.74, 6) is -0.874. The summed E-state index contributed by atoms with van der Waals surface area (Å²) in [6.07, 6.45) is 1.01. The fourth-order valence-corrected chi connectivity index (χ4v) is 3.16. The van der Waals surface area contributed by atoms with Crippen LogP contribution in [0.1, 0.15) is 46.5 Å². The van der Waals surface area contributed by atoms with Gasteiger partial charge in [0.1, 0.15) is 19.8 Å². The lowest BCUT2D eigenvalue weighted by Crippen LogP contribution is -2.38. The predicted octanol–water partition coefficient (Wildman–Crippen LogP) is 2.84. The van der Waals surface area contributed by atoms with Crippen molar-refractivity contribution < 1.29 is 51.7 Å². The Morgan fingerprint density at radius 3 is 1.69 bits per heavy atom. The van der Waals surface area contributed by atoms with Gasteiger partial charge in [0.05, 0.1) is 33.0 Å². The molecule has 0 unspecified atom stereocenters. The molecule has 14 nitrogen and oxygen atoms in total. The van der Waals surface area contributed by atoms with Gasteiger partial charge in [-0.25, -0.2) is 14.2 Å². The lowest BCUT2D eigenvalue weighted by atomic mass is 10.4. The van der Waals surface area contributed by atoms with Crippen LogP contribution in [0.5, 0.6) is 0 Å². The summed E-state index contributed by atoms with van der Waals surface area (Å²) in [5, 5.41) is 0. The van der Waals surface area contributed by atoms with E-state index in [2.05, 4.69) is 4.76 Å². The highest BCUT2D eigenvalue weighted by molar-refractivity contribution is 7.52. The summed E-state index contributed by atoms with van der Waals surface area (Å²) in [6.45, 7) is 4.67. The van der Waals surface area contributed by atoms with E-state index in [1.165, 1.54) is 11.9 Å². The van der Waals surface area contributed by atoms with Crippen LogP contribution in [0.4, 0.5) is 9.59 Å². The summed E-state index contributed by atoms with van der Waals surface area (Å²) < 4.78 is 51.3. The van der Waals surface area contributed by atoms with E-state index in [9.17, 15) is 18.9 Å². The molecule has 0 saturated heterocycles. The first kappa shape index (κ1) is 32.4. The molecule has 0 amide bonds. The molecule has 35 heavy (non-hydrogen) atoms. The van der Waals surface area contributed by atoms with Crippen molar-refractivity contribution in [3.63, 3.8) is 0 Å². The summed E-state index contributed by atoms with van der Waals surface area (Å²) in [4.78, 5) is 35.8. The van der Waals surface area contributed by atoms with E-state index < -0.39 is 26.0 Å². The molecule has 204 valence electrons. The quantitative estimate of drug-likeness (QED) is 0.0688. The molecule has 15 heteroatoms. The molecule has 0 radical (unpaired) electrons. The molecule has 0 heterocycles. The number of hydrogen-bond donors (Lipinski definition) is 1. The van der Waals surface area contributed by atoms with Gasteiger partial charge in [-0.2, -0.15) is 0 Å². The van der Waals surface area contributed by atoms with E-state index in [0.29, 0.717) is 12.8 Å². The number of ether oxygens (including phenoxy) is 5. The largest absolute Gasteiger partial charge is 0.508 e. The van der Waals surface area contributed by atoms with E-state index in [1.807, 2.05) is 20.8 Å². The second-order valence-electron chi connectivity index (χ2n) is 6.92. The number of esters is 1. The summed E-state index contributed by atoms with van der Waals surface area (Å²) in [6, 6.07) is 0. The molecule has 0 bridgehead atoms. The average Bonchev–Trinajstić information content (AvgIpc) is 2.82. The van der Waals surface area contributed by atoms with Gasteiger partial charge in [-0.05, 0) is 19.3 Å². The van der Waals surface area contributed by atoms with Crippen LogP contribution in [0.25, 0.3) is 0 Å². The molecule has 0 saturated carbocycles. The first-order chi connectivity index (χ1) is 16.7. The fraction of sp³-hybridized carbons (Fsp3) is 0.800. The van der Waals surface area contributed by atoms with Gasteiger partial charge in [0, 0.05) is 7.05 Å². The van der Waals surface area contributed by atoms with Crippen LogP contribution in [0, 0.1) is 0 Å². The predicted molar refractivity (Wildman–Crippen MR) is 125 cm³/mol. The number of rotatable bonds is 18. The Morgan fingerprint density at radius 2 is 1.23 bits per heavy atom. The van der Waals surface area contributed by atoms with Crippen LogP contribution >= 0.6 is 7.75 Å². The minimum atomic E-state index is -4.26. The molecule has 0 aromatic heterocycles. The van der Waals surface area contributed by atoms with Gasteiger partial charge in [0.15, 0.2) is 0 Å². The van der Waals surface area contributed by atoms with Crippen molar-refractivity contribution in [1.82, 2.24) is 4.90 Å². The number of nitrogens with zero attached hydrogens (tertiary/aromatic N) is 2. The first-order valence-electron chi connectivity index (χ1n) is 11.4. The number of guanidine groups is 1. The SMILES string of the molecule is CCCCOC(=O)CN(C)C(N)=NP(=O)(OCCOC(=O)OCCC)OCCOC(=O)OCCC. The molecular weight excluding hydrogens is 489 g/mol. The van der Waals surface area contributed by atoms with Crippen molar-refractivity contribution >= 4 is 32.0 Å². The molecule has 0 aliphatic rings. The van der Waals surface area contributed by atoms with Crippen LogP contribution < -0.4 is 5.73 Å². The van der Waals surface area contributed by atoms with Crippen LogP contribution in [0.2, 0.25) is 0 Å². The third-order valence-corrected chi connectivity index (χ3v) is 5.17. The maximum atomic E-state index is 13.1. The highest BCUT2D eigenvalue weighted by Gasteiger charge is 2.27. The third kappa shape index (κ3) is 17.5. The van der Waals surface area contributed by atoms with Gasteiger partial charge >= 0.3 is 26.0 Å². The van der Waals surface area contributed by atoms with Gasteiger partial charge in [-0.1, -0.05) is 27.2 Å². The number of likely N-dealkylation sites (N-methyl/N-ethyl adjacent to an activating group) is 1. The van der Waals surface area contributed by atoms with E-state index >= 15 is 0 Å². The van der Waals surface area contributed by atoms with Crippen molar-refractivity contribution in [3.8, 4) is 0 Å². The highest BCUT2D eigenvalue weighted by Crippen LogP contribution is 2.49. The standard InChI is InChI=1S/C20H38N3O11P/c1-5-8-11-28-17(24)16-23(4)18(21)22-35(27,33-14-12-31-19(25)29-9-6-2)34-15-13-32-20(26)30-10-7-3/h5-16H2,1-4H3,(H2,21,22,27). The molecule has 0 atom stereocenters. The van der Waals surface area contributed by atoms with E-state index in [0.717, 1.165) is 12.8 Å². The van der Waals surface area contributed by atoms with Crippen molar-refractivity contribution in [1.29, 1.82) is 0 Å². The Labute approximate surface area is 205 Å². The maximum Gasteiger partial charge on any atom is 0.508 e. The normalized spacial score (nSPS) is 11.5. The Bertz CT molecular complexity index is 674. The monoisotopic (exact) mass is 527 g/mol. The summed E-state index contributed by atoms with van der Waals surface area (Å²) >= 11 is 0. The lowest BCUT2D eigenvalue weighted by Gasteiger charge is -2.20. The minimum Gasteiger partial charge on any atom is -0.464 e. The number of nitrogens with two attached hydrogens (primary N) is 1. The van der Waals surface area contributed by atoms with Gasteiger partial charge in [0.25, 0.3) is 0 Å². The highest BCUT2D eigenvalue weighted by atomic mass is 31.2. The summed E-state index contributed by atoms with van der Waals surface area (Å²) in [5.41, 5.74) is 5.85. The number of carbonyl (C=O) groups is 3. The van der Waals surface area contributed by atoms with Crippen LogP contribution in [-0.2, 0) is 42.1 Å². The van der Waals surface area contributed by atoms with Crippen molar-refractivity contribution in [2.45, 2.75) is 46.5 Å². The molecule has 0 aliphatic heterocycles. The second kappa shape index (κ2) is 19.7. The van der Waals surface area contributed by atoms with Gasteiger partial charge in [0.2, 0.25) is 5.96 Å². The number of hydrogen-bond acceptors (Lipinski definition) is 11. The molecule has 0 aromatic rings. The van der Waals surface area contributed by atoms with Crippen molar-refractivity contribution in [2.24, 2.45) is 10.5 Å². The second-order valence-corrected chi connectivity index (χ2v) is 8.57. The minimum absolute atomic E-state index is 0.191. The molecule has 2 N–H and O–H groups in total. The average molecular weight is 528 g/mol. The Kier molecular flexibility index (Phi) is 18.3. The third-order valence-electron chi connectivity index (χ3n) is 3.71. The number of carbonyl (C=O) groups excluding carboxylic acids is 3. The zero-order valence-electron chi connectivity index (χ0n) is 20.9. The molecule has 0 aliphatic carbocycles. The zero-order chi connectivity index (χ0) is 26.5. The van der Waals surface area contributed by atoms with E-state index in [4.69, 9.17) is 38.5 Å². The van der Waals surface area contributed by atoms with Gasteiger partial charge in [-0.15, -0.1) is 4.76 Å². The van der Waals surface area contributed by atoms with E-state index in [-0.39, 0.29) is 58.8 Å². The van der Waals surface area contributed by atoms with Gasteiger partial charge in [-0.3, -0.25) is 13.8 Å². The zero-order valence-corrected chi connectivity index (χ0v) is 21.8. The Balaban J connectivity index is 4.96. The fourth-order valence-electron chi connectivity index (χ4n) is 1.96. The van der Waals surface area contributed by atoms with Gasteiger partial charge < -0.3 is 34.3 Å². The molecule has 0 fully saturated rings. The molecular formula is C20H38N3O11P. The lowest BCUT2D eigenvalue weighted by molar-refractivity contribution is -0.143. The topological polar surface area (TPSA) is 175 Å². The first-order valence-corrected chi connectivity index (χ1v) is 12.9. The molecule has 0 rings (SSSR count). The van der Waals surface area contributed by atoms with Crippen molar-refractivity contribution in [2.75, 3.05) is 59.8 Å². The van der Waals surface area contributed by atoms with Crippen molar-refractivity contribution in [3.05, 3.63) is 0 Å². The van der Waals surface area contributed by atoms with E-state index in [1.54, 1.807) is 0 Å². The van der Waals surface area contributed by atoms with Crippen LogP contribution in [-0.4, -0.2) is 89.0 Å².